The van der Waals surface area contributed by atoms with E-state index < -0.39 is 0 Å². The van der Waals surface area contributed by atoms with E-state index in [4.69, 9.17) is 9.26 Å². The highest BCUT2D eigenvalue weighted by Gasteiger charge is 2.30. The van der Waals surface area contributed by atoms with E-state index in [1.807, 2.05) is 11.9 Å². The molecule has 0 spiro atoms. The van der Waals surface area contributed by atoms with Gasteiger partial charge in [0.05, 0.1) is 19.8 Å². The molecule has 2 fully saturated rings. The number of morpholine rings is 1. The molecule has 4 heterocycles. The molecule has 9 nitrogen and oxygen atoms in total. The van der Waals surface area contributed by atoms with Gasteiger partial charge in [-0.2, -0.15) is 0 Å². The molecule has 2 aromatic heterocycles. The third kappa shape index (κ3) is 3.89. The van der Waals surface area contributed by atoms with Crippen molar-refractivity contribution < 1.29 is 14.1 Å². The number of nitrogens with zero attached hydrogens (tertiary/aromatic N) is 6. The quantitative estimate of drug-likeness (QED) is 0.787. The van der Waals surface area contributed by atoms with Gasteiger partial charge in [-0.3, -0.25) is 9.69 Å². The largest absolute Gasteiger partial charge is 0.379 e. The van der Waals surface area contributed by atoms with Crippen molar-refractivity contribution in [1.82, 2.24) is 29.7 Å². The van der Waals surface area contributed by atoms with Crippen LogP contribution >= 0.6 is 0 Å². The first kappa shape index (κ1) is 18.1. The number of hydrogen-bond acceptors (Lipinski definition) is 7. The van der Waals surface area contributed by atoms with E-state index in [-0.39, 0.29) is 11.8 Å². The SMILES string of the molecule is Cc1cc(C(=O)N2CCCC(c3nnc(CN4CCOCC4)n3C)C2)no1. The van der Waals surface area contributed by atoms with Gasteiger partial charge in [0.1, 0.15) is 17.4 Å². The smallest absolute Gasteiger partial charge is 0.276 e. The van der Waals surface area contributed by atoms with E-state index in [9.17, 15) is 4.79 Å². The van der Waals surface area contributed by atoms with E-state index in [0.717, 1.165) is 63.9 Å². The second kappa shape index (κ2) is 7.77. The van der Waals surface area contributed by atoms with Gasteiger partial charge in [0.2, 0.25) is 0 Å². The Hall–Kier alpha value is -2.26. The third-order valence-electron chi connectivity index (χ3n) is 5.39. The Bertz CT molecular complexity index is 795. The average molecular weight is 374 g/mol. The van der Waals surface area contributed by atoms with Crippen LogP contribution in [-0.2, 0) is 18.3 Å². The van der Waals surface area contributed by atoms with Crippen LogP contribution in [0.15, 0.2) is 10.6 Å². The zero-order valence-electron chi connectivity index (χ0n) is 15.9. The molecule has 0 saturated carbocycles. The fraction of sp³-hybridized carbons (Fsp3) is 0.667. The second-order valence-corrected chi connectivity index (χ2v) is 7.34. The van der Waals surface area contributed by atoms with Crippen LogP contribution in [0.3, 0.4) is 0 Å². The first-order chi connectivity index (χ1) is 13.1. The normalized spacial score (nSPS) is 21.6. The Morgan fingerprint density at radius 1 is 1.26 bits per heavy atom. The van der Waals surface area contributed by atoms with Crippen LogP contribution < -0.4 is 0 Å². The molecule has 1 unspecified atom stereocenters. The summed E-state index contributed by atoms with van der Waals surface area (Å²) >= 11 is 0. The van der Waals surface area contributed by atoms with Gasteiger partial charge in [-0.15, -0.1) is 10.2 Å². The zero-order valence-corrected chi connectivity index (χ0v) is 15.9. The lowest BCUT2D eigenvalue weighted by Gasteiger charge is -2.31. The van der Waals surface area contributed by atoms with Gasteiger partial charge in [-0.1, -0.05) is 5.16 Å². The molecular weight excluding hydrogens is 348 g/mol. The van der Waals surface area contributed by atoms with Gasteiger partial charge in [0, 0.05) is 45.2 Å². The Labute approximate surface area is 158 Å². The average Bonchev–Trinajstić information content (AvgIpc) is 3.28. The van der Waals surface area contributed by atoms with Crippen LogP contribution in [-0.4, -0.2) is 75.0 Å². The molecule has 9 heteroatoms. The molecule has 146 valence electrons. The molecule has 27 heavy (non-hydrogen) atoms. The Morgan fingerprint density at radius 3 is 2.81 bits per heavy atom. The lowest BCUT2D eigenvalue weighted by atomic mass is 9.97. The molecule has 4 rings (SSSR count). The molecule has 0 radical (unpaired) electrons. The van der Waals surface area contributed by atoms with Crippen molar-refractivity contribution in [2.24, 2.45) is 7.05 Å². The Balaban J connectivity index is 1.44. The summed E-state index contributed by atoms with van der Waals surface area (Å²) in [6.07, 6.45) is 1.95. The fourth-order valence-electron chi connectivity index (χ4n) is 3.83. The molecule has 1 amide bonds. The summed E-state index contributed by atoms with van der Waals surface area (Å²) in [7, 11) is 2.02. The summed E-state index contributed by atoms with van der Waals surface area (Å²) in [5.41, 5.74) is 0.374. The van der Waals surface area contributed by atoms with Crippen molar-refractivity contribution in [2.45, 2.75) is 32.2 Å². The maximum absolute atomic E-state index is 12.7. The molecule has 0 bridgehead atoms. The molecule has 2 aromatic rings. The number of amides is 1. The predicted octanol–water partition coefficient (Wildman–Crippen LogP) is 0.964. The number of carbonyl (C=O) groups excluding carboxylic acids is 1. The maximum Gasteiger partial charge on any atom is 0.276 e. The number of carbonyl (C=O) groups is 1. The highest BCUT2D eigenvalue weighted by atomic mass is 16.5. The number of likely N-dealkylation sites (tertiary alicyclic amines) is 1. The van der Waals surface area contributed by atoms with Crippen molar-refractivity contribution in [3.8, 4) is 0 Å². The number of rotatable bonds is 4. The Kier molecular flexibility index (Phi) is 5.22. The minimum absolute atomic E-state index is 0.0766. The van der Waals surface area contributed by atoms with Crippen molar-refractivity contribution in [3.63, 3.8) is 0 Å². The fourth-order valence-corrected chi connectivity index (χ4v) is 3.83. The summed E-state index contributed by atoms with van der Waals surface area (Å²) < 4.78 is 12.5. The van der Waals surface area contributed by atoms with Crippen molar-refractivity contribution in [1.29, 1.82) is 0 Å². The van der Waals surface area contributed by atoms with Gasteiger partial charge >= 0.3 is 0 Å². The van der Waals surface area contributed by atoms with Gasteiger partial charge in [0.15, 0.2) is 5.69 Å². The van der Waals surface area contributed by atoms with Crippen LogP contribution in [0, 0.1) is 6.92 Å². The summed E-state index contributed by atoms with van der Waals surface area (Å²) in [4.78, 5) is 16.9. The lowest BCUT2D eigenvalue weighted by molar-refractivity contribution is 0.0326. The van der Waals surface area contributed by atoms with Crippen molar-refractivity contribution in [3.05, 3.63) is 29.2 Å². The van der Waals surface area contributed by atoms with Crippen LogP contribution in [0.2, 0.25) is 0 Å². The lowest BCUT2D eigenvalue weighted by Crippen LogP contribution is -2.40. The molecule has 2 aliphatic heterocycles. The Morgan fingerprint density at radius 2 is 2.07 bits per heavy atom. The van der Waals surface area contributed by atoms with Crippen LogP contribution in [0.1, 0.15) is 46.7 Å². The van der Waals surface area contributed by atoms with Crippen LogP contribution in [0.4, 0.5) is 0 Å². The molecule has 0 aromatic carbocycles. The molecule has 2 saturated heterocycles. The van der Waals surface area contributed by atoms with E-state index in [1.54, 1.807) is 13.0 Å². The van der Waals surface area contributed by atoms with Crippen LogP contribution in [0.5, 0.6) is 0 Å². The van der Waals surface area contributed by atoms with E-state index in [2.05, 4.69) is 24.8 Å². The third-order valence-corrected chi connectivity index (χ3v) is 5.39. The van der Waals surface area contributed by atoms with Gasteiger partial charge < -0.3 is 18.7 Å². The zero-order chi connectivity index (χ0) is 18.8. The van der Waals surface area contributed by atoms with Crippen LogP contribution in [0.25, 0.3) is 0 Å². The van der Waals surface area contributed by atoms with E-state index in [1.165, 1.54) is 0 Å². The first-order valence-corrected chi connectivity index (χ1v) is 9.52. The number of ether oxygens (including phenoxy) is 1. The van der Waals surface area contributed by atoms with E-state index >= 15 is 0 Å². The van der Waals surface area contributed by atoms with E-state index in [0.29, 0.717) is 18.0 Å². The highest BCUT2D eigenvalue weighted by Crippen LogP contribution is 2.27. The maximum atomic E-state index is 12.7. The molecule has 1 atom stereocenters. The molecule has 2 aliphatic rings. The summed E-state index contributed by atoms with van der Waals surface area (Å²) in [6, 6.07) is 1.69. The van der Waals surface area contributed by atoms with Gasteiger partial charge in [0.25, 0.3) is 5.91 Å². The van der Waals surface area contributed by atoms with Gasteiger partial charge in [-0.25, -0.2) is 0 Å². The molecular formula is C18H26N6O3. The first-order valence-electron chi connectivity index (χ1n) is 9.52. The highest BCUT2D eigenvalue weighted by molar-refractivity contribution is 5.92. The minimum atomic E-state index is -0.0766. The minimum Gasteiger partial charge on any atom is -0.379 e. The number of aromatic nitrogens is 4. The summed E-state index contributed by atoms with van der Waals surface area (Å²) in [6.45, 7) is 7.32. The molecule has 0 aliphatic carbocycles. The second-order valence-electron chi connectivity index (χ2n) is 7.34. The van der Waals surface area contributed by atoms with Gasteiger partial charge in [-0.05, 0) is 19.8 Å². The van der Waals surface area contributed by atoms with Crippen molar-refractivity contribution >= 4 is 5.91 Å². The summed E-state index contributed by atoms with van der Waals surface area (Å²) in [5, 5.41) is 12.7. The number of hydrogen-bond donors (Lipinski definition) is 0. The number of piperidine rings is 1. The molecule has 0 N–H and O–H groups in total. The van der Waals surface area contributed by atoms with Crippen molar-refractivity contribution in [2.75, 3.05) is 39.4 Å². The standard InChI is InChI=1S/C18H26N6O3/c1-13-10-15(21-27-13)18(25)24-5-3-4-14(11-24)17-20-19-16(22(17)2)12-23-6-8-26-9-7-23/h10,14H,3-9,11-12H2,1-2H3. The number of aryl methyl sites for hydroxylation is 1. The topological polar surface area (TPSA) is 89.5 Å². The monoisotopic (exact) mass is 374 g/mol. The predicted molar refractivity (Wildman–Crippen MR) is 96.2 cm³/mol. The summed E-state index contributed by atoms with van der Waals surface area (Å²) in [5.74, 6) is 2.67.